The molecule has 2 heterocycles. The fourth-order valence-corrected chi connectivity index (χ4v) is 5.43. The van der Waals surface area contributed by atoms with E-state index in [2.05, 4.69) is 14.8 Å². The first-order valence-corrected chi connectivity index (χ1v) is 13.1. The van der Waals surface area contributed by atoms with Gasteiger partial charge in [0.15, 0.2) is 0 Å². The van der Waals surface area contributed by atoms with Crippen molar-refractivity contribution in [3.8, 4) is 11.8 Å². The maximum absolute atomic E-state index is 13.4. The number of nitrogens with one attached hydrogen (secondary N) is 2. The molecule has 0 aliphatic carbocycles. The first-order chi connectivity index (χ1) is 16.8. The Morgan fingerprint density at radius 2 is 2.00 bits per heavy atom. The molecule has 198 valence electrons. The number of nitrogens with zero attached hydrogens (tertiary/aromatic N) is 2. The summed E-state index contributed by atoms with van der Waals surface area (Å²) < 4.78 is 74.0. The maximum Gasteiger partial charge on any atom is 0.573 e. The van der Waals surface area contributed by atoms with E-state index in [9.17, 15) is 31.2 Å². The standard InChI is InChI=1S/C22H27F3N4O6S/c1-36(32,33)28-21(6-9-34-10-7-21)20(31)29-8-2-3-17(14-29)19(30)27-13-16-5-4-15(12-26)11-18(16)35-22(23,24)25/h4-5,11,17,28H,2-3,6-10,13-14H2,1H3,(H,27,30). The molecule has 1 aromatic rings. The van der Waals surface area contributed by atoms with Gasteiger partial charge in [-0.05, 0) is 37.8 Å². The molecule has 2 saturated heterocycles. The highest BCUT2D eigenvalue weighted by Gasteiger charge is 2.46. The zero-order valence-electron chi connectivity index (χ0n) is 19.6. The number of amides is 2. The number of sulfonamides is 1. The molecule has 14 heteroatoms. The minimum Gasteiger partial charge on any atom is -0.405 e. The highest BCUT2D eigenvalue weighted by molar-refractivity contribution is 7.88. The van der Waals surface area contributed by atoms with Crippen molar-refractivity contribution in [2.24, 2.45) is 5.92 Å². The van der Waals surface area contributed by atoms with Crippen LogP contribution in [0.1, 0.15) is 36.8 Å². The van der Waals surface area contributed by atoms with Crippen LogP contribution in [0.25, 0.3) is 0 Å². The topological polar surface area (TPSA) is 138 Å². The Labute approximate surface area is 206 Å². The van der Waals surface area contributed by atoms with Gasteiger partial charge in [0, 0.05) is 38.4 Å². The van der Waals surface area contributed by atoms with Crippen LogP contribution in [0.2, 0.25) is 0 Å². The molecule has 1 atom stereocenters. The normalized spacial score (nSPS) is 20.3. The molecule has 0 radical (unpaired) electrons. The van der Waals surface area contributed by atoms with Gasteiger partial charge in [-0.25, -0.2) is 8.42 Å². The van der Waals surface area contributed by atoms with E-state index in [4.69, 9.17) is 10.00 Å². The summed E-state index contributed by atoms with van der Waals surface area (Å²) in [4.78, 5) is 27.7. The fourth-order valence-electron chi connectivity index (χ4n) is 4.43. The summed E-state index contributed by atoms with van der Waals surface area (Å²) in [5.41, 5.74) is -1.35. The van der Waals surface area contributed by atoms with Crippen molar-refractivity contribution < 1.29 is 40.7 Å². The van der Waals surface area contributed by atoms with Crippen LogP contribution in [0.4, 0.5) is 13.2 Å². The Morgan fingerprint density at radius 1 is 1.31 bits per heavy atom. The number of piperidine rings is 1. The SMILES string of the molecule is CS(=O)(=O)NC1(C(=O)N2CCCC(C(=O)NCc3ccc(C#N)cc3OC(F)(F)F)C2)CCOCC1. The molecule has 36 heavy (non-hydrogen) atoms. The van der Waals surface area contributed by atoms with Crippen molar-refractivity contribution in [3.05, 3.63) is 29.3 Å². The monoisotopic (exact) mass is 532 g/mol. The number of benzene rings is 1. The molecule has 2 amide bonds. The van der Waals surface area contributed by atoms with Crippen molar-refractivity contribution in [1.82, 2.24) is 14.9 Å². The van der Waals surface area contributed by atoms with Crippen molar-refractivity contribution in [2.45, 2.75) is 44.1 Å². The molecule has 0 bridgehead atoms. The van der Waals surface area contributed by atoms with Crippen molar-refractivity contribution in [1.29, 1.82) is 5.26 Å². The van der Waals surface area contributed by atoms with Gasteiger partial charge in [-0.2, -0.15) is 9.98 Å². The third-order valence-corrected chi connectivity index (χ3v) is 6.85. The van der Waals surface area contributed by atoms with E-state index in [-0.39, 0.29) is 50.3 Å². The van der Waals surface area contributed by atoms with Gasteiger partial charge in [-0.1, -0.05) is 6.07 Å². The summed E-state index contributed by atoms with van der Waals surface area (Å²) in [6.07, 6.45) is -2.74. The quantitative estimate of drug-likeness (QED) is 0.542. The van der Waals surface area contributed by atoms with Crippen LogP contribution in [0, 0.1) is 17.2 Å². The van der Waals surface area contributed by atoms with Gasteiger partial charge in [-0.15, -0.1) is 13.2 Å². The number of carbonyl (C=O) groups excluding carboxylic acids is 2. The van der Waals surface area contributed by atoms with Crippen LogP contribution < -0.4 is 14.8 Å². The van der Waals surface area contributed by atoms with Crippen LogP contribution in [0.15, 0.2) is 18.2 Å². The van der Waals surface area contributed by atoms with Crippen LogP contribution in [0.5, 0.6) is 5.75 Å². The molecule has 2 fully saturated rings. The molecule has 0 spiro atoms. The van der Waals surface area contributed by atoms with Gasteiger partial charge < -0.3 is 19.7 Å². The number of carbonyl (C=O) groups is 2. The van der Waals surface area contributed by atoms with Gasteiger partial charge >= 0.3 is 6.36 Å². The second kappa shape index (κ2) is 11.0. The summed E-state index contributed by atoms with van der Waals surface area (Å²) in [5, 5.41) is 11.5. The zero-order valence-corrected chi connectivity index (χ0v) is 20.4. The molecule has 2 N–H and O–H groups in total. The lowest BCUT2D eigenvalue weighted by molar-refractivity contribution is -0.274. The summed E-state index contributed by atoms with van der Waals surface area (Å²) in [6.45, 7) is 0.517. The number of nitriles is 1. The number of alkyl halides is 3. The first kappa shape index (κ1) is 27.7. The minimum atomic E-state index is -4.98. The molecule has 1 unspecified atom stereocenters. The zero-order chi connectivity index (χ0) is 26.6. The van der Waals surface area contributed by atoms with Crippen LogP contribution in [-0.4, -0.2) is 69.6 Å². The van der Waals surface area contributed by atoms with E-state index in [1.165, 1.54) is 17.0 Å². The maximum atomic E-state index is 13.4. The summed E-state index contributed by atoms with van der Waals surface area (Å²) in [7, 11) is -3.70. The average molecular weight is 533 g/mol. The number of ether oxygens (including phenoxy) is 2. The van der Waals surface area contributed by atoms with Crippen LogP contribution in [-0.2, 0) is 30.9 Å². The average Bonchev–Trinajstić information content (AvgIpc) is 2.81. The van der Waals surface area contributed by atoms with Crippen LogP contribution >= 0.6 is 0 Å². The van der Waals surface area contributed by atoms with Crippen molar-refractivity contribution >= 4 is 21.8 Å². The minimum absolute atomic E-state index is 0.0296. The van der Waals surface area contributed by atoms with E-state index in [1.54, 1.807) is 6.07 Å². The van der Waals surface area contributed by atoms with Crippen LogP contribution in [0.3, 0.4) is 0 Å². The van der Waals surface area contributed by atoms with Gasteiger partial charge in [0.2, 0.25) is 21.8 Å². The highest BCUT2D eigenvalue weighted by Crippen LogP contribution is 2.29. The Morgan fingerprint density at radius 3 is 2.61 bits per heavy atom. The van der Waals surface area contributed by atoms with Gasteiger partial charge in [-0.3, -0.25) is 9.59 Å². The summed E-state index contributed by atoms with van der Waals surface area (Å²) in [5.74, 6) is -2.12. The third-order valence-electron chi connectivity index (χ3n) is 6.09. The number of likely N-dealkylation sites (tertiary alicyclic amines) is 1. The Kier molecular flexibility index (Phi) is 8.48. The number of halogens is 3. The van der Waals surface area contributed by atoms with Crippen molar-refractivity contribution in [3.63, 3.8) is 0 Å². The molecule has 2 aliphatic rings. The van der Waals surface area contributed by atoms with E-state index < -0.39 is 45.4 Å². The lowest BCUT2D eigenvalue weighted by Gasteiger charge is -2.42. The van der Waals surface area contributed by atoms with E-state index in [1.807, 2.05) is 0 Å². The Bertz CT molecular complexity index is 1130. The lowest BCUT2D eigenvalue weighted by Crippen LogP contribution is -2.63. The molecule has 2 aliphatic heterocycles. The Hall–Kier alpha value is -2.89. The molecular weight excluding hydrogens is 505 g/mol. The number of hydrogen-bond donors (Lipinski definition) is 2. The first-order valence-electron chi connectivity index (χ1n) is 11.2. The van der Waals surface area contributed by atoms with E-state index >= 15 is 0 Å². The van der Waals surface area contributed by atoms with Gasteiger partial charge in [0.25, 0.3) is 0 Å². The smallest absolute Gasteiger partial charge is 0.405 e. The number of rotatable bonds is 7. The fraction of sp³-hybridized carbons (Fsp3) is 0.591. The second-order valence-electron chi connectivity index (χ2n) is 8.86. The lowest BCUT2D eigenvalue weighted by atomic mass is 9.87. The molecule has 3 rings (SSSR count). The third kappa shape index (κ3) is 7.31. The largest absolute Gasteiger partial charge is 0.573 e. The second-order valence-corrected chi connectivity index (χ2v) is 10.6. The number of hydrogen-bond acceptors (Lipinski definition) is 7. The van der Waals surface area contributed by atoms with Crippen molar-refractivity contribution in [2.75, 3.05) is 32.6 Å². The molecule has 1 aromatic carbocycles. The van der Waals surface area contributed by atoms with Gasteiger partial charge in [0.05, 0.1) is 23.8 Å². The van der Waals surface area contributed by atoms with E-state index in [0.717, 1.165) is 12.3 Å². The summed E-state index contributed by atoms with van der Waals surface area (Å²) >= 11 is 0. The summed E-state index contributed by atoms with van der Waals surface area (Å²) in [6, 6.07) is 5.26. The molecular formula is C22H27F3N4O6S. The Balaban J connectivity index is 1.68. The predicted molar refractivity (Wildman–Crippen MR) is 120 cm³/mol. The highest BCUT2D eigenvalue weighted by atomic mass is 32.2. The van der Waals surface area contributed by atoms with Gasteiger partial charge in [0.1, 0.15) is 11.3 Å². The molecule has 10 nitrogen and oxygen atoms in total. The van der Waals surface area contributed by atoms with E-state index in [0.29, 0.717) is 19.4 Å². The predicted octanol–water partition coefficient (Wildman–Crippen LogP) is 1.41. The molecule has 0 aromatic heterocycles. The molecule has 0 saturated carbocycles.